The highest BCUT2D eigenvalue weighted by molar-refractivity contribution is 5.78. The summed E-state index contributed by atoms with van der Waals surface area (Å²) in [5.41, 5.74) is 0. The summed E-state index contributed by atoms with van der Waals surface area (Å²) in [6.07, 6.45) is 9.23. The van der Waals surface area contributed by atoms with Crippen molar-refractivity contribution in [1.29, 1.82) is 0 Å². The molecule has 0 N–H and O–H groups in total. The van der Waals surface area contributed by atoms with Crippen LogP contribution in [0.5, 0.6) is 0 Å². The first-order chi connectivity index (χ1) is 5.40. The fourth-order valence-electron chi connectivity index (χ4n) is 1.33. The number of aliphatic imine (C=N–C) groups is 1. The molecule has 2 nitrogen and oxygen atoms in total. The highest BCUT2D eigenvalue weighted by Gasteiger charge is 2.26. The third kappa shape index (κ3) is 1.09. The van der Waals surface area contributed by atoms with Gasteiger partial charge in [-0.2, -0.15) is 0 Å². The number of hydrogen-bond acceptors (Lipinski definition) is 2. The molecule has 0 saturated heterocycles. The second kappa shape index (κ2) is 2.53. The van der Waals surface area contributed by atoms with Gasteiger partial charge >= 0.3 is 0 Å². The Labute approximate surface area is 66.3 Å². The average molecular weight is 149 g/mol. The van der Waals surface area contributed by atoms with Gasteiger partial charge < -0.3 is 4.74 Å². The molecule has 0 saturated carbocycles. The van der Waals surface area contributed by atoms with Gasteiger partial charge in [0, 0.05) is 6.42 Å². The quantitative estimate of drug-likeness (QED) is 0.556. The Balaban J connectivity index is 2.16. The Bertz CT molecular complexity index is 240. The van der Waals surface area contributed by atoms with Gasteiger partial charge in [0.2, 0.25) is 0 Å². The minimum absolute atomic E-state index is 0.176. The van der Waals surface area contributed by atoms with Crippen LogP contribution < -0.4 is 0 Å². The van der Waals surface area contributed by atoms with Crippen molar-refractivity contribution in [1.82, 2.24) is 0 Å². The van der Waals surface area contributed by atoms with Crippen LogP contribution in [-0.4, -0.2) is 18.0 Å². The topological polar surface area (TPSA) is 21.6 Å². The average Bonchev–Trinajstić information content (AvgIpc) is 2.46. The van der Waals surface area contributed by atoms with Crippen LogP contribution in [0.2, 0.25) is 0 Å². The molecule has 1 heterocycles. The number of hydrogen-bond donors (Lipinski definition) is 0. The van der Waals surface area contributed by atoms with Crippen molar-refractivity contribution in [2.45, 2.75) is 25.5 Å². The summed E-state index contributed by atoms with van der Waals surface area (Å²) in [5.74, 6) is 0.885. The number of nitrogens with zero attached hydrogens (tertiary/aromatic N) is 1. The molecule has 0 radical (unpaired) electrons. The Morgan fingerprint density at radius 1 is 1.45 bits per heavy atom. The van der Waals surface area contributed by atoms with Crippen molar-refractivity contribution in [3.63, 3.8) is 0 Å². The van der Waals surface area contributed by atoms with Gasteiger partial charge in [0.05, 0.1) is 0 Å². The van der Waals surface area contributed by atoms with Crippen molar-refractivity contribution in [2.24, 2.45) is 4.99 Å². The van der Waals surface area contributed by atoms with Crippen LogP contribution >= 0.6 is 0 Å². The molecule has 2 rings (SSSR count). The van der Waals surface area contributed by atoms with E-state index in [-0.39, 0.29) is 12.1 Å². The second-order valence-electron chi connectivity index (χ2n) is 2.72. The molecular weight excluding hydrogens is 138 g/mol. The van der Waals surface area contributed by atoms with Gasteiger partial charge in [-0.3, -0.25) is 0 Å². The summed E-state index contributed by atoms with van der Waals surface area (Å²) >= 11 is 0. The van der Waals surface area contributed by atoms with Crippen LogP contribution in [0.3, 0.4) is 0 Å². The molecule has 0 amide bonds. The fraction of sp³-hybridized carbons (Fsp3) is 0.444. The summed E-state index contributed by atoms with van der Waals surface area (Å²) < 4.78 is 5.53. The molecule has 0 aromatic rings. The van der Waals surface area contributed by atoms with Crippen LogP contribution in [0.25, 0.3) is 0 Å². The van der Waals surface area contributed by atoms with Crippen molar-refractivity contribution in [3.05, 3.63) is 24.3 Å². The van der Waals surface area contributed by atoms with Gasteiger partial charge in [-0.15, -0.1) is 0 Å². The Hall–Kier alpha value is -1.05. The monoisotopic (exact) mass is 149 g/mol. The van der Waals surface area contributed by atoms with Gasteiger partial charge in [-0.1, -0.05) is 25.2 Å². The van der Waals surface area contributed by atoms with Gasteiger partial charge in [-0.25, -0.2) is 4.99 Å². The lowest BCUT2D eigenvalue weighted by molar-refractivity contribution is 0.249. The lowest BCUT2D eigenvalue weighted by Gasteiger charge is -2.12. The normalized spacial score (nSPS) is 33.0. The first-order valence-corrected chi connectivity index (χ1v) is 3.98. The predicted octanol–water partition coefficient (Wildman–Crippen LogP) is 1.69. The van der Waals surface area contributed by atoms with E-state index in [0.717, 1.165) is 12.3 Å². The van der Waals surface area contributed by atoms with E-state index in [1.165, 1.54) is 0 Å². The molecule has 58 valence electrons. The molecule has 0 aromatic heterocycles. The van der Waals surface area contributed by atoms with Crippen molar-refractivity contribution < 1.29 is 4.74 Å². The first kappa shape index (κ1) is 6.65. The maximum atomic E-state index is 5.53. The van der Waals surface area contributed by atoms with Crippen molar-refractivity contribution in [3.8, 4) is 0 Å². The van der Waals surface area contributed by atoms with Gasteiger partial charge in [-0.05, 0) is 6.08 Å². The third-order valence-electron chi connectivity index (χ3n) is 1.92. The minimum atomic E-state index is 0.176. The van der Waals surface area contributed by atoms with E-state index in [1.54, 1.807) is 0 Å². The zero-order valence-electron chi connectivity index (χ0n) is 6.53. The number of ether oxygens (including phenoxy) is 1. The molecule has 11 heavy (non-hydrogen) atoms. The van der Waals surface area contributed by atoms with Gasteiger partial charge in [0.15, 0.2) is 5.90 Å². The fourth-order valence-corrected chi connectivity index (χ4v) is 1.33. The van der Waals surface area contributed by atoms with E-state index in [4.69, 9.17) is 4.74 Å². The Morgan fingerprint density at radius 2 is 2.27 bits per heavy atom. The molecular formula is C9H11NO. The molecule has 1 aliphatic heterocycles. The van der Waals surface area contributed by atoms with E-state index < -0.39 is 0 Å². The summed E-state index contributed by atoms with van der Waals surface area (Å²) in [7, 11) is 0. The zero-order valence-corrected chi connectivity index (χ0v) is 6.53. The first-order valence-electron chi connectivity index (χ1n) is 3.98. The van der Waals surface area contributed by atoms with E-state index in [9.17, 15) is 0 Å². The summed E-state index contributed by atoms with van der Waals surface area (Å²) in [6.45, 7) is 2.06. The van der Waals surface area contributed by atoms with Gasteiger partial charge in [0.25, 0.3) is 0 Å². The Morgan fingerprint density at radius 3 is 3.00 bits per heavy atom. The van der Waals surface area contributed by atoms with Crippen LogP contribution in [0.4, 0.5) is 0 Å². The number of allylic oxidation sites excluding steroid dienone is 2. The van der Waals surface area contributed by atoms with Crippen molar-refractivity contribution in [2.75, 3.05) is 0 Å². The van der Waals surface area contributed by atoms with Crippen LogP contribution in [0.1, 0.15) is 13.3 Å². The molecule has 1 aliphatic carbocycles. The van der Waals surface area contributed by atoms with E-state index in [1.807, 2.05) is 12.2 Å². The van der Waals surface area contributed by atoms with Crippen LogP contribution in [0, 0.1) is 0 Å². The molecule has 2 heteroatoms. The number of fused-ring (bicyclic) bond motifs is 1. The highest BCUT2D eigenvalue weighted by Crippen LogP contribution is 2.20. The van der Waals surface area contributed by atoms with E-state index in [0.29, 0.717) is 0 Å². The lowest BCUT2D eigenvalue weighted by atomic mass is 10.1. The largest absolute Gasteiger partial charge is 0.471 e. The molecule has 2 unspecified atom stereocenters. The zero-order chi connectivity index (χ0) is 7.68. The van der Waals surface area contributed by atoms with Crippen LogP contribution in [-0.2, 0) is 4.74 Å². The maximum Gasteiger partial charge on any atom is 0.184 e. The van der Waals surface area contributed by atoms with Crippen LogP contribution in [0.15, 0.2) is 29.3 Å². The molecule has 0 spiro atoms. The maximum absolute atomic E-state index is 5.53. The third-order valence-corrected chi connectivity index (χ3v) is 1.92. The highest BCUT2D eigenvalue weighted by atomic mass is 16.5. The Kier molecular flexibility index (Phi) is 1.53. The molecule has 0 aromatic carbocycles. The SMILES string of the molecule is CCC1=NC2C=CC=CC2O1. The summed E-state index contributed by atoms with van der Waals surface area (Å²) in [6, 6.07) is 0.245. The minimum Gasteiger partial charge on any atom is -0.471 e. The molecule has 0 fully saturated rings. The molecule has 2 atom stereocenters. The standard InChI is InChI=1S/C9H11NO/c1-2-9-10-7-5-3-4-6-8(7)11-9/h3-8H,2H2,1H3. The van der Waals surface area contributed by atoms with Gasteiger partial charge in [0.1, 0.15) is 12.1 Å². The lowest BCUT2D eigenvalue weighted by Crippen LogP contribution is -2.19. The second-order valence-corrected chi connectivity index (χ2v) is 2.72. The smallest absolute Gasteiger partial charge is 0.184 e. The number of rotatable bonds is 1. The summed E-state index contributed by atoms with van der Waals surface area (Å²) in [5, 5.41) is 0. The van der Waals surface area contributed by atoms with E-state index >= 15 is 0 Å². The summed E-state index contributed by atoms with van der Waals surface area (Å²) in [4.78, 5) is 4.38. The molecule has 2 aliphatic rings. The van der Waals surface area contributed by atoms with E-state index in [2.05, 4.69) is 24.1 Å². The molecule has 0 bridgehead atoms. The van der Waals surface area contributed by atoms with Crippen molar-refractivity contribution >= 4 is 5.90 Å². The predicted molar refractivity (Wildman–Crippen MR) is 44.7 cm³/mol.